The predicted octanol–water partition coefficient (Wildman–Crippen LogP) is 2.59. The Morgan fingerprint density at radius 3 is 2.92 bits per heavy atom. The van der Waals surface area contributed by atoms with E-state index in [-0.39, 0.29) is 5.82 Å². The van der Waals surface area contributed by atoms with Crippen molar-refractivity contribution >= 4 is 39.4 Å². The van der Waals surface area contributed by atoms with Gasteiger partial charge in [-0.15, -0.1) is 0 Å². The molecule has 0 aromatic carbocycles. The Morgan fingerprint density at radius 1 is 1.75 bits per heavy atom. The number of nitrogens with zero attached hydrogens (tertiary/aromatic N) is 1. The van der Waals surface area contributed by atoms with Gasteiger partial charge in [-0.05, 0) is 22.0 Å². The number of rotatable bonds is 1. The summed E-state index contributed by atoms with van der Waals surface area (Å²) in [5.41, 5.74) is 0. The second-order valence-electron chi connectivity index (χ2n) is 1.91. The largest absolute Gasteiger partial charge is 0.465 e. The molecule has 6 heteroatoms. The van der Waals surface area contributed by atoms with Crippen molar-refractivity contribution in [3.05, 3.63) is 21.8 Å². The molecular weight excluding hydrogens is 247 g/mol. The standard InChI is InChI=1S/C6H4BrClN2O2/c7-3-1-5(10-6(11)12)9-2-4(3)8/h1-2H,(H,9,10)(H,11,12). The van der Waals surface area contributed by atoms with Gasteiger partial charge in [0.25, 0.3) is 0 Å². The molecule has 0 bridgehead atoms. The smallest absolute Gasteiger partial charge is 0.410 e. The summed E-state index contributed by atoms with van der Waals surface area (Å²) in [6, 6.07) is 1.48. The molecular formula is C6H4BrClN2O2. The number of carboxylic acid groups (broad SMARTS) is 1. The van der Waals surface area contributed by atoms with Crippen molar-refractivity contribution in [2.24, 2.45) is 0 Å². The average Bonchev–Trinajstić information content (AvgIpc) is 1.96. The zero-order valence-corrected chi connectivity index (χ0v) is 8.06. The molecule has 0 fully saturated rings. The third-order valence-corrected chi connectivity index (χ3v) is 2.23. The fourth-order valence-electron chi connectivity index (χ4n) is 0.592. The summed E-state index contributed by atoms with van der Waals surface area (Å²) >= 11 is 8.76. The fraction of sp³-hybridized carbons (Fsp3) is 0. The van der Waals surface area contributed by atoms with E-state index in [9.17, 15) is 4.79 Å². The SMILES string of the molecule is O=C(O)Nc1cc(Br)c(Cl)cn1. The molecule has 64 valence electrons. The van der Waals surface area contributed by atoms with Crippen molar-refractivity contribution in [3.63, 3.8) is 0 Å². The second kappa shape index (κ2) is 3.73. The van der Waals surface area contributed by atoms with Gasteiger partial charge in [-0.2, -0.15) is 0 Å². The Morgan fingerprint density at radius 2 is 2.42 bits per heavy atom. The van der Waals surface area contributed by atoms with Gasteiger partial charge in [-0.1, -0.05) is 11.6 Å². The molecule has 0 atom stereocenters. The second-order valence-corrected chi connectivity index (χ2v) is 3.18. The number of hydrogen-bond acceptors (Lipinski definition) is 2. The van der Waals surface area contributed by atoms with Gasteiger partial charge in [0.2, 0.25) is 0 Å². The number of pyridine rings is 1. The van der Waals surface area contributed by atoms with Crippen LogP contribution >= 0.6 is 27.5 Å². The van der Waals surface area contributed by atoms with E-state index in [0.29, 0.717) is 9.50 Å². The Hall–Kier alpha value is -0.810. The molecule has 1 heterocycles. The zero-order chi connectivity index (χ0) is 9.14. The molecule has 12 heavy (non-hydrogen) atoms. The number of halogens is 2. The van der Waals surface area contributed by atoms with Gasteiger partial charge in [-0.25, -0.2) is 9.78 Å². The third-order valence-electron chi connectivity index (χ3n) is 1.04. The van der Waals surface area contributed by atoms with E-state index >= 15 is 0 Å². The molecule has 0 radical (unpaired) electrons. The highest BCUT2D eigenvalue weighted by Gasteiger charge is 2.02. The molecule has 1 rings (SSSR count). The fourth-order valence-corrected chi connectivity index (χ4v) is 1.01. The summed E-state index contributed by atoms with van der Waals surface area (Å²) in [5.74, 6) is 0.235. The summed E-state index contributed by atoms with van der Waals surface area (Å²) in [4.78, 5) is 13.9. The summed E-state index contributed by atoms with van der Waals surface area (Å²) in [6.07, 6.45) is 0.202. The van der Waals surface area contributed by atoms with E-state index in [1.54, 1.807) is 0 Å². The van der Waals surface area contributed by atoms with Gasteiger partial charge >= 0.3 is 6.09 Å². The van der Waals surface area contributed by atoms with E-state index in [4.69, 9.17) is 16.7 Å². The Kier molecular flexibility index (Phi) is 2.88. The van der Waals surface area contributed by atoms with E-state index in [0.717, 1.165) is 0 Å². The van der Waals surface area contributed by atoms with E-state index in [1.807, 2.05) is 0 Å². The highest BCUT2D eigenvalue weighted by molar-refractivity contribution is 9.10. The van der Waals surface area contributed by atoms with Crippen molar-refractivity contribution in [3.8, 4) is 0 Å². The van der Waals surface area contributed by atoms with Crippen LogP contribution < -0.4 is 5.32 Å². The molecule has 0 unspecified atom stereocenters. The van der Waals surface area contributed by atoms with Gasteiger partial charge in [0, 0.05) is 10.7 Å². The van der Waals surface area contributed by atoms with Gasteiger partial charge in [0.05, 0.1) is 5.02 Å². The highest BCUT2D eigenvalue weighted by Crippen LogP contribution is 2.23. The first-order valence-electron chi connectivity index (χ1n) is 2.90. The van der Waals surface area contributed by atoms with Crippen molar-refractivity contribution in [2.75, 3.05) is 5.32 Å². The first-order valence-corrected chi connectivity index (χ1v) is 4.07. The lowest BCUT2D eigenvalue weighted by molar-refractivity contribution is 0.209. The number of nitrogens with one attached hydrogen (secondary N) is 1. The van der Waals surface area contributed by atoms with Crippen molar-refractivity contribution in [1.29, 1.82) is 0 Å². The minimum Gasteiger partial charge on any atom is -0.465 e. The van der Waals surface area contributed by atoms with E-state index < -0.39 is 6.09 Å². The molecule has 0 saturated heterocycles. The highest BCUT2D eigenvalue weighted by atomic mass is 79.9. The number of anilines is 1. The first kappa shape index (κ1) is 9.28. The molecule has 1 amide bonds. The molecule has 1 aromatic rings. The van der Waals surface area contributed by atoms with Gasteiger partial charge in [-0.3, -0.25) is 5.32 Å². The number of carbonyl (C=O) groups is 1. The molecule has 1 aromatic heterocycles. The first-order chi connectivity index (χ1) is 5.59. The van der Waals surface area contributed by atoms with Crippen LogP contribution in [0.3, 0.4) is 0 Å². The van der Waals surface area contributed by atoms with Crippen LogP contribution in [0.2, 0.25) is 5.02 Å². The summed E-state index contributed by atoms with van der Waals surface area (Å²) in [5, 5.41) is 10.9. The van der Waals surface area contributed by atoms with Crippen LogP contribution in [-0.4, -0.2) is 16.2 Å². The van der Waals surface area contributed by atoms with Gasteiger partial charge in [0.15, 0.2) is 0 Å². The van der Waals surface area contributed by atoms with Crippen molar-refractivity contribution in [1.82, 2.24) is 4.98 Å². The van der Waals surface area contributed by atoms with Gasteiger partial charge < -0.3 is 5.11 Å². The lowest BCUT2D eigenvalue weighted by Gasteiger charge is -2.00. The van der Waals surface area contributed by atoms with Crippen LogP contribution in [0.5, 0.6) is 0 Å². The maximum atomic E-state index is 10.2. The van der Waals surface area contributed by atoms with Crippen LogP contribution in [0.15, 0.2) is 16.7 Å². The quantitative estimate of drug-likeness (QED) is 0.806. The molecule has 0 spiro atoms. The normalized spacial score (nSPS) is 9.50. The maximum absolute atomic E-state index is 10.2. The average molecular weight is 251 g/mol. The predicted molar refractivity (Wildman–Crippen MR) is 48.6 cm³/mol. The molecule has 0 aliphatic rings. The van der Waals surface area contributed by atoms with E-state index in [2.05, 4.69) is 26.2 Å². The molecule has 0 saturated carbocycles. The molecule has 0 aliphatic carbocycles. The lowest BCUT2D eigenvalue weighted by atomic mass is 10.4. The number of aromatic nitrogens is 1. The van der Waals surface area contributed by atoms with Crippen LogP contribution in [0.1, 0.15) is 0 Å². The third kappa shape index (κ3) is 2.35. The monoisotopic (exact) mass is 250 g/mol. The summed E-state index contributed by atoms with van der Waals surface area (Å²) in [7, 11) is 0. The maximum Gasteiger partial charge on any atom is 0.410 e. The van der Waals surface area contributed by atoms with Gasteiger partial charge in [0.1, 0.15) is 5.82 Å². The lowest BCUT2D eigenvalue weighted by Crippen LogP contribution is -2.08. The Bertz CT molecular complexity index is 318. The van der Waals surface area contributed by atoms with Crippen LogP contribution in [0.25, 0.3) is 0 Å². The van der Waals surface area contributed by atoms with Crippen LogP contribution in [0, 0.1) is 0 Å². The molecule has 4 nitrogen and oxygen atoms in total. The van der Waals surface area contributed by atoms with Crippen LogP contribution in [0.4, 0.5) is 10.6 Å². The Labute approximate surface area is 81.7 Å². The minimum absolute atomic E-state index is 0.235. The Balaban J connectivity index is 2.89. The molecule has 2 N–H and O–H groups in total. The summed E-state index contributed by atoms with van der Waals surface area (Å²) in [6.45, 7) is 0. The number of amides is 1. The van der Waals surface area contributed by atoms with Crippen LogP contribution in [-0.2, 0) is 0 Å². The zero-order valence-electron chi connectivity index (χ0n) is 5.71. The topological polar surface area (TPSA) is 62.2 Å². The number of hydrogen-bond donors (Lipinski definition) is 2. The molecule has 0 aliphatic heterocycles. The van der Waals surface area contributed by atoms with Crippen molar-refractivity contribution < 1.29 is 9.90 Å². The minimum atomic E-state index is -1.16. The van der Waals surface area contributed by atoms with E-state index in [1.165, 1.54) is 12.3 Å². The van der Waals surface area contributed by atoms with Crippen molar-refractivity contribution in [2.45, 2.75) is 0 Å². The summed E-state index contributed by atoms with van der Waals surface area (Å²) < 4.78 is 0.600.